The zero-order valence-electron chi connectivity index (χ0n) is 10.7. The van der Waals surface area contributed by atoms with Gasteiger partial charge in [0.05, 0.1) is 16.3 Å². The van der Waals surface area contributed by atoms with Gasteiger partial charge in [-0.2, -0.15) is 0 Å². The van der Waals surface area contributed by atoms with Gasteiger partial charge in [-0.1, -0.05) is 23.2 Å². The van der Waals surface area contributed by atoms with Crippen LogP contribution in [0.25, 0.3) is 0 Å². The van der Waals surface area contributed by atoms with Crippen LogP contribution in [0.4, 0.5) is 15.8 Å². The van der Waals surface area contributed by atoms with Crippen molar-refractivity contribution in [2.45, 2.75) is 6.92 Å². The Bertz CT molecular complexity index is 661. The van der Waals surface area contributed by atoms with Gasteiger partial charge in [0, 0.05) is 5.69 Å². The van der Waals surface area contributed by atoms with E-state index in [1.807, 2.05) is 13.0 Å². The van der Waals surface area contributed by atoms with Crippen LogP contribution in [-0.4, -0.2) is 5.91 Å². The van der Waals surface area contributed by atoms with Crippen LogP contribution >= 0.6 is 11.6 Å². The highest BCUT2D eigenvalue weighted by molar-refractivity contribution is 6.31. The molecule has 2 rings (SSSR count). The Kier molecular flexibility index (Phi) is 4.22. The Balaban J connectivity index is 2.27. The zero-order chi connectivity index (χ0) is 14.7. The molecule has 0 aliphatic carbocycles. The topological polar surface area (TPSA) is 67.1 Å². The fraction of sp³-hybridized carbons (Fsp3) is 0.0714. The van der Waals surface area contributed by atoms with Gasteiger partial charge in [-0.25, -0.2) is 4.39 Å². The number of benzene rings is 2. The van der Waals surface area contributed by atoms with E-state index >= 15 is 0 Å². The second kappa shape index (κ2) is 5.90. The minimum Gasteiger partial charge on any atom is -0.323 e. The molecule has 0 aliphatic heterocycles. The quantitative estimate of drug-likeness (QED) is 0.601. The average molecular weight is 294 g/mol. The summed E-state index contributed by atoms with van der Waals surface area (Å²) in [6.07, 6.45) is 0. The van der Waals surface area contributed by atoms with Gasteiger partial charge in [-0.05, 0) is 37.3 Å². The first-order valence-electron chi connectivity index (χ1n) is 5.85. The highest BCUT2D eigenvalue weighted by Crippen LogP contribution is 2.22. The molecule has 0 atom stereocenters. The van der Waals surface area contributed by atoms with Crippen molar-refractivity contribution in [3.63, 3.8) is 0 Å². The highest BCUT2D eigenvalue weighted by atomic mass is 35.5. The molecule has 4 N–H and O–H groups in total. The highest BCUT2D eigenvalue weighted by Gasteiger charge is 2.12. The first-order valence-corrected chi connectivity index (χ1v) is 6.22. The van der Waals surface area contributed by atoms with E-state index < -0.39 is 5.82 Å². The number of nitrogens with one attached hydrogen (secondary N) is 2. The maximum Gasteiger partial charge on any atom is 0.257 e. The molecule has 2 aromatic carbocycles. The molecule has 1 amide bonds. The van der Waals surface area contributed by atoms with Crippen LogP contribution in [0.5, 0.6) is 0 Å². The van der Waals surface area contributed by atoms with Crippen molar-refractivity contribution in [1.82, 2.24) is 0 Å². The van der Waals surface area contributed by atoms with Crippen LogP contribution in [0.15, 0.2) is 36.4 Å². The standard InChI is InChI=1S/C14H13ClFN3O/c1-8-2-5-13(19-17)10(6-8)14(20)18-9-3-4-12(16)11(15)7-9/h2-7,19H,17H2,1H3,(H,18,20). The van der Waals surface area contributed by atoms with E-state index in [0.29, 0.717) is 16.9 Å². The SMILES string of the molecule is Cc1ccc(NN)c(C(=O)Nc2ccc(F)c(Cl)c2)c1. The lowest BCUT2D eigenvalue weighted by molar-refractivity contribution is 0.102. The molecule has 0 heterocycles. The normalized spacial score (nSPS) is 10.2. The van der Waals surface area contributed by atoms with Crippen LogP contribution < -0.4 is 16.6 Å². The Morgan fingerprint density at radius 2 is 2.00 bits per heavy atom. The van der Waals surface area contributed by atoms with Gasteiger partial charge in [0.25, 0.3) is 5.91 Å². The first kappa shape index (κ1) is 14.3. The molecule has 20 heavy (non-hydrogen) atoms. The summed E-state index contributed by atoms with van der Waals surface area (Å²) in [5.74, 6) is 4.48. The Hall–Kier alpha value is -2.11. The van der Waals surface area contributed by atoms with Crippen molar-refractivity contribution < 1.29 is 9.18 Å². The van der Waals surface area contributed by atoms with E-state index in [4.69, 9.17) is 17.4 Å². The predicted molar refractivity (Wildman–Crippen MR) is 78.4 cm³/mol. The van der Waals surface area contributed by atoms with E-state index in [1.54, 1.807) is 12.1 Å². The fourth-order valence-electron chi connectivity index (χ4n) is 1.74. The minimum absolute atomic E-state index is 0.0517. The molecule has 0 spiro atoms. The lowest BCUT2D eigenvalue weighted by Gasteiger charge is -2.11. The number of nitrogens with two attached hydrogens (primary N) is 1. The van der Waals surface area contributed by atoms with E-state index in [1.165, 1.54) is 18.2 Å². The van der Waals surface area contributed by atoms with Crippen molar-refractivity contribution in [2.24, 2.45) is 5.84 Å². The molecule has 0 bridgehead atoms. The molecule has 0 saturated carbocycles. The number of hydrogen-bond acceptors (Lipinski definition) is 3. The molecule has 0 radical (unpaired) electrons. The molecule has 0 fully saturated rings. The zero-order valence-corrected chi connectivity index (χ0v) is 11.5. The lowest BCUT2D eigenvalue weighted by Crippen LogP contribution is -2.17. The van der Waals surface area contributed by atoms with Crippen molar-refractivity contribution >= 4 is 28.9 Å². The molecule has 0 unspecified atom stereocenters. The minimum atomic E-state index is -0.537. The summed E-state index contributed by atoms with van der Waals surface area (Å²) >= 11 is 5.67. The first-order chi connectivity index (χ1) is 9.51. The van der Waals surface area contributed by atoms with Gasteiger partial charge >= 0.3 is 0 Å². The van der Waals surface area contributed by atoms with Crippen LogP contribution in [0.2, 0.25) is 5.02 Å². The molecule has 2 aromatic rings. The molecule has 0 aliphatic rings. The lowest BCUT2D eigenvalue weighted by atomic mass is 10.1. The van der Waals surface area contributed by atoms with E-state index in [2.05, 4.69) is 10.7 Å². The van der Waals surface area contributed by atoms with Gasteiger partial charge < -0.3 is 10.7 Å². The van der Waals surface area contributed by atoms with Crippen LogP contribution in [0.1, 0.15) is 15.9 Å². The number of rotatable bonds is 3. The summed E-state index contributed by atoms with van der Waals surface area (Å²) in [7, 11) is 0. The summed E-state index contributed by atoms with van der Waals surface area (Å²) < 4.78 is 13.1. The molecule has 0 aromatic heterocycles. The average Bonchev–Trinajstić information content (AvgIpc) is 2.43. The predicted octanol–water partition coefficient (Wildman–Crippen LogP) is 3.33. The van der Waals surface area contributed by atoms with Crippen molar-refractivity contribution in [3.8, 4) is 0 Å². The molecular weight excluding hydrogens is 281 g/mol. The molecule has 4 nitrogen and oxygen atoms in total. The van der Waals surface area contributed by atoms with E-state index in [9.17, 15) is 9.18 Å². The second-order valence-electron chi connectivity index (χ2n) is 4.28. The number of amides is 1. The summed E-state index contributed by atoms with van der Waals surface area (Å²) in [4.78, 5) is 12.2. The van der Waals surface area contributed by atoms with E-state index in [0.717, 1.165) is 5.56 Å². The Labute approximate surface area is 120 Å². The van der Waals surface area contributed by atoms with Crippen LogP contribution in [0, 0.1) is 12.7 Å². The number of anilines is 2. The largest absolute Gasteiger partial charge is 0.323 e. The number of halogens is 2. The van der Waals surface area contributed by atoms with Crippen LogP contribution in [0.3, 0.4) is 0 Å². The number of hydrogen-bond donors (Lipinski definition) is 3. The maximum absolute atomic E-state index is 13.1. The monoisotopic (exact) mass is 293 g/mol. The smallest absolute Gasteiger partial charge is 0.257 e. The Morgan fingerprint density at radius 1 is 1.25 bits per heavy atom. The Morgan fingerprint density at radius 3 is 2.65 bits per heavy atom. The van der Waals surface area contributed by atoms with Gasteiger partial charge in [-0.3, -0.25) is 10.6 Å². The number of carbonyl (C=O) groups is 1. The number of nitrogen functional groups attached to an aromatic ring is 1. The second-order valence-corrected chi connectivity index (χ2v) is 4.68. The fourth-order valence-corrected chi connectivity index (χ4v) is 1.92. The number of aryl methyl sites for hydroxylation is 1. The van der Waals surface area contributed by atoms with Crippen molar-refractivity contribution in [1.29, 1.82) is 0 Å². The van der Waals surface area contributed by atoms with Gasteiger partial charge in [-0.15, -0.1) is 0 Å². The van der Waals surface area contributed by atoms with Crippen molar-refractivity contribution in [3.05, 3.63) is 58.4 Å². The maximum atomic E-state index is 13.1. The third kappa shape index (κ3) is 3.07. The third-order valence-electron chi connectivity index (χ3n) is 2.75. The van der Waals surface area contributed by atoms with Gasteiger partial charge in [0.15, 0.2) is 0 Å². The van der Waals surface area contributed by atoms with Gasteiger partial charge in [0.1, 0.15) is 5.82 Å². The van der Waals surface area contributed by atoms with Gasteiger partial charge in [0.2, 0.25) is 0 Å². The summed E-state index contributed by atoms with van der Waals surface area (Å²) in [5.41, 5.74) is 4.69. The van der Waals surface area contributed by atoms with E-state index in [-0.39, 0.29) is 10.9 Å². The summed E-state index contributed by atoms with van der Waals surface area (Å²) in [6, 6.07) is 9.22. The number of hydrazine groups is 1. The molecule has 104 valence electrons. The summed E-state index contributed by atoms with van der Waals surface area (Å²) in [5, 5.41) is 2.59. The molecular formula is C14H13ClFN3O. The molecule has 6 heteroatoms. The van der Waals surface area contributed by atoms with Crippen LogP contribution in [-0.2, 0) is 0 Å². The third-order valence-corrected chi connectivity index (χ3v) is 3.04. The molecule has 0 saturated heterocycles. The van der Waals surface area contributed by atoms with Crippen molar-refractivity contribution in [2.75, 3.05) is 10.7 Å². The summed E-state index contributed by atoms with van der Waals surface area (Å²) in [6.45, 7) is 1.87. The number of carbonyl (C=O) groups excluding carboxylic acids is 1.